The maximum Gasteiger partial charge on any atom is 0.261 e. The van der Waals surface area contributed by atoms with E-state index in [1.165, 1.54) is 4.90 Å². The summed E-state index contributed by atoms with van der Waals surface area (Å²) >= 11 is 0. The number of methoxy groups -OCH3 is 1. The van der Waals surface area contributed by atoms with Crippen LogP contribution < -0.4 is 9.64 Å². The Kier molecular flexibility index (Phi) is 5.79. The highest BCUT2D eigenvalue weighted by Gasteiger charge is 2.33. The third-order valence-electron chi connectivity index (χ3n) is 6.40. The fourth-order valence-corrected chi connectivity index (χ4v) is 4.63. The van der Waals surface area contributed by atoms with Gasteiger partial charge in [-0.15, -0.1) is 0 Å². The van der Waals surface area contributed by atoms with Gasteiger partial charge in [0.1, 0.15) is 5.75 Å². The lowest BCUT2D eigenvalue weighted by atomic mass is 9.94. The summed E-state index contributed by atoms with van der Waals surface area (Å²) in [4.78, 5) is 43.2. The van der Waals surface area contributed by atoms with Crippen LogP contribution in [-0.4, -0.2) is 42.8 Å². The summed E-state index contributed by atoms with van der Waals surface area (Å²) in [5.41, 5.74) is 2.94. The minimum absolute atomic E-state index is 0.0397. The number of para-hydroxylation sites is 2. The molecule has 1 heterocycles. The van der Waals surface area contributed by atoms with Crippen molar-refractivity contribution in [3.63, 3.8) is 0 Å². The van der Waals surface area contributed by atoms with Gasteiger partial charge < -0.3 is 9.64 Å². The molecule has 1 aliphatic heterocycles. The third kappa shape index (κ3) is 3.83. The van der Waals surface area contributed by atoms with Crippen molar-refractivity contribution >= 4 is 34.2 Å². The molecule has 0 radical (unpaired) electrons. The molecule has 0 saturated carbocycles. The van der Waals surface area contributed by atoms with Gasteiger partial charge in [-0.3, -0.25) is 19.3 Å². The highest BCUT2D eigenvalue weighted by atomic mass is 16.5. The Balaban J connectivity index is 1.51. The van der Waals surface area contributed by atoms with Gasteiger partial charge in [-0.25, -0.2) is 0 Å². The lowest BCUT2D eigenvalue weighted by molar-refractivity contribution is 0.0611. The Hall–Kier alpha value is -4.45. The van der Waals surface area contributed by atoms with E-state index in [4.69, 9.17) is 4.74 Å². The average Bonchev–Trinajstić information content (AvgIpc) is 2.89. The zero-order valence-corrected chi connectivity index (χ0v) is 19.5. The molecule has 6 heteroatoms. The van der Waals surface area contributed by atoms with Gasteiger partial charge in [0.15, 0.2) is 0 Å². The number of hydrogen-bond acceptors (Lipinski definition) is 4. The van der Waals surface area contributed by atoms with Crippen LogP contribution in [0.3, 0.4) is 0 Å². The molecular formula is C29H24N2O4. The van der Waals surface area contributed by atoms with E-state index in [2.05, 4.69) is 0 Å². The number of carbonyl (C=O) groups is 3. The molecule has 174 valence electrons. The van der Waals surface area contributed by atoms with Crippen LogP contribution in [0.2, 0.25) is 0 Å². The van der Waals surface area contributed by atoms with Crippen molar-refractivity contribution in [1.82, 2.24) is 4.90 Å². The molecule has 4 aromatic carbocycles. The summed E-state index contributed by atoms with van der Waals surface area (Å²) in [5, 5.41) is 1.53. The molecule has 0 aliphatic carbocycles. The van der Waals surface area contributed by atoms with Crippen LogP contribution in [0.25, 0.3) is 10.8 Å². The van der Waals surface area contributed by atoms with E-state index in [-0.39, 0.29) is 30.8 Å². The number of aryl methyl sites for hydroxylation is 1. The molecule has 0 aromatic heterocycles. The van der Waals surface area contributed by atoms with E-state index < -0.39 is 0 Å². The van der Waals surface area contributed by atoms with Gasteiger partial charge in [-0.1, -0.05) is 54.6 Å². The third-order valence-corrected chi connectivity index (χ3v) is 6.40. The number of carbonyl (C=O) groups excluding carboxylic acids is 3. The maximum absolute atomic E-state index is 13.7. The highest BCUT2D eigenvalue weighted by Crippen LogP contribution is 2.32. The number of anilines is 1. The molecular weight excluding hydrogens is 440 g/mol. The predicted octanol–water partition coefficient (Wildman–Crippen LogP) is 5.10. The molecule has 0 fully saturated rings. The van der Waals surface area contributed by atoms with Gasteiger partial charge in [0.2, 0.25) is 0 Å². The molecule has 3 amide bonds. The van der Waals surface area contributed by atoms with E-state index in [1.807, 2.05) is 61.5 Å². The largest absolute Gasteiger partial charge is 0.495 e. The fraction of sp³-hybridized carbons (Fsp3) is 0.138. The summed E-state index contributed by atoms with van der Waals surface area (Å²) in [6.45, 7) is 2.03. The lowest BCUT2D eigenvalue weighted by Crippen LogP contribution is -2.46. The predicted molar refractivity (Wildman–Crippen MR) is 135 cm³/mol. The molecule has 0 unspecified atom stereocenters. The topological polar surface area (TPSA) is 66.9 Å². The first-order valence-electron chi connectivity index (χ1n) is 11.4. The second kappa shape index (κ2) is 9.06. The number of ether oxygens (including phenoxy) is 1. The number of nitrogens with zero attached hydrogens (tertiary/aromatic N) is 2. The van der Waals surface area contributed by atoms with E-state index >= 15 is 0 Å². The van der Waals surface area contributed by atoms with Crippen LogP contribution >= 0.6 is 0 Å². The summed E-state index contributed by atoms with van der Waals surface area (Å²) in [6.07, 6.45) is 0. The smallest absolute Gasteiger partial charge is 0.261 e. The number of amides is 3. The molecule has 1 aliphatic rings. The van der Waals surface area contributed by atoms with Gasteiger partial charge >= 0.3 is 0 Å². The first kappa shape index (κ1) is 22.3. The standard InChI is InChI=1S/C29H24N2O4/c1-19-9-3-4-12-21(19)27(32)30(24-15-5-6-16-25(24)35-2)17-18-31-28(33)22-13-7-10-20-11-8-14-23(26(20)22)29(31)34/h3-16H,17-18H2,1-2H3. The minimum Gasteiger partial charge on any atom is -0.495 e. The average molecular weight is 465 g/mol. The molecule has 0 spiro atoms. The maximum atomic E-state index is 13.7. The van der Waals surface area contributed by atoms with Crippen LogP contribution in [0.1, 0.15) is 36.6 Å². The SMILES string of the molecule is COc1ccccc1N(CCN1C(=O)c2cccc3cccc(c23)C1=O)C(=O)c1ccccc1C. The normalized spacial score (nSPS) is 12.7. The van der Waals surface area contributed by atoms with Crippen molar-refractivity contribution in [2.45, 2.75) is 6.92 Å². The monoisotopic (exact) mass is 464 g/mol. The Bertz CT molecular complexity index is 1430. The van der Waals surface area contributed by atoms with Gasteiger partial charge in [0.25, 0.3) is 17.7 Å². The molecule has 0 saturated heterocycles. The van der Waals surface area contributed by atoms with Gasteiger partial charge in [-0.2, -0.15) is 0 Å². The minimum atomic E-state index is -0.359. The van der Waals surface area contributed by atoms with E-state index in [0.29, 0.717) is 33.5 Å². The molecule has 0 N–H and O–H groups in total. The first-order valence-corrected chi connectivity index (χ1v) is 11.4. The molecule has 4 aromatic rings. The number of hydrogen-bond donors (Lipinski definition) is 0. The van der Waals surface area contributed by atoms with Gasteiger partial charge in [0, 0.05) is 35.2 Å². The van der Waals surface area contributed by atoms with Crippen LogP contribution in [0.5, 0.6) is 5.75 Å². The van der Waals surface area contributed by atoms with E-state index in [0.717, 1.165) is 10.9 Å². The first-order chi connectivity index (χ1) is 17.0. The number of benzene rings is 4. The van der Waals surface area contributed by atoms with Crippen LogP contribution in [0.4, 0.5) is 5.69 Å². The van der Waals surface area contributed by atoms with E-state index in [9.17, 15) is 14.4 Å². The number of imide groups is 1. The Morgan fingerprint density at radius 1 is 0.829 bits per heavy atom. The van der Waals surface area contributed by atoms with E-state index in [1.54, 1.807) is 42.3 Å². The van der Waals surface area contributed by atoms with Crippen molar-refractivity contribution in [2.75, 3.05) is 25.1 Å². The quantitative estimate of drug-likeness (QED) is 0.373. The Labute approximate surface area is 203 Å². The van der Waals surface area contributed by atoms with Crippen LogP contribution in [0, 0.1) is 6.92 Å². The number of rotatable bonds is 6. The van der Waals surface area contributed by atoms with Gasteiger partial charge in [-0.05, 0) is 48.2 Å². The fourth-order valence-electron chi connectivity index (χ4n) is 4.63. The lowest BCUT2D eigenvalue weighted by Gasteiger charge is -2.31. The molecule has 0 atom stereocenters. The van der Waals surface area contributed by atoms with Crippen molar-refractivity contribution < 1.29 is 19.1 Å². The summed E-state index contributed by atoms with van der Waals surface area (Å²) < 4.78 is 5.52. The Morgan fingerprint density at radius 2 is 1.46 bits per heavy atom. The van der Waals surface area contributed by atoms with Crippen molar-refractivity contribution in [1.29, 1.82) is 0 Å². The highest BCUT2D eigenvalue weighted by molar-refractivity contribution is 6.25. The van der Waals surface area contributed by atoms with Crippen molar-refractivity contribution in [3.05, 3.63) is 107 Å². The summed E-state index contributed by atoms with van der Waals surface area (Å²) in [7, 11) is 1.55. The van der Waals surface area contributed by atoms with Crippen molar-refractivity contribution in [3.8, 4) is 5.75 Å². The second-order valence-corrected chi connectivity index (χ2v) is 8.41. The second-order valence-electron chi connectivity index (χ2n) is 8.41. The molecule has 0 bridgehead atoms. The molecule has 5 rings (SSSR count). The van der Waals surface area contributed by atoms with Crippen LogP contribution in [0.15, 0.2) is 84.9 Å². The Morgan fingerprint density at radius 3 is 2.11 bits per heavy atom. The summed E-state index contributed by atoms with van der Waals surface area (Å²) in [6, 6.07) is 25.5. The zero-order valence-electron chi connectivity index (χ0n) is 19.5. The van der Waals surface area contributed by atoms with Crippen molar-refractivity contribution in [2.24, 2.45) is 0 Å². The van der Waals surface area contributed by atoms with Gasteiger partial charge in [0.05, 0.1) is 12.8 Å². The zero-order chi connectivity index (χ0) is 24.5. The molecule has 6 nitrogen and oxygen atoms in total. The van der Waals surface area contributed by atoms with Crippen LogP contribution in [-0.2, 0) is 0 Å². The molecule has 35 heavy (non-hydrogen) atoms. The summed E-state index contributed by atoms with van der Waals surface area (Å²) in [5.74, 6) is -0.418.